The van der Waals surface area contributed by atoms with Gasteiger partial charge in [0.25, 0.3) is 5.91 Å². The lowest BCUT2D eigenvalue weighted by Gasteiger charge is -2.32. The lowest BCUT2D eigenvalue weighted by Crippen LogP contribution is -2.45. The molecule has 27 heavy (non-hydrogen) atoms. The highest BCUT2D eigenvalue weighted by molar-refractivity contribution is 5.95. The number of carbonyl (C=O) groups excluding carboxylic acids is 2. The van der Waals surface area contributed by atoms with E-state index in [1.54, 1.807) is 17.0 Å². The number of hydrogen-bond acceptors (Lipinski definition) is 2. The van der Waals surface area contributed by atoms with Crippen LogP contribution < -0.4 is 5.32 Å². The van der Waals surface area contributed by atoms with Gasteiger partial charge in [0, 0.05) is 25.2 Å². The standard InChI is InChI=1S/C22H25FN2O2/c1-15-10-16(2)12-19(11-15)22(27)25-9-3-4-18(14-25)21(26)24-13-17-5-7-20(23)8-6-17/h5-8,10-12,18H,3-4,9,13-14H2,1-2H3,(H,24,26)/t18-/m0/s1. The number of rotatable bonds is 4. The quantitative estimate of drug-likeness (QED) is 0.896. The second-order valence-corrected chi connectivity index (χ2v) is 7.31. The second kappa shape index (κ2) is 8.33. The number of carbonyl (C=O) groups is 2. The maximum absolute atomic E-state index is 13.0. The first kappa shape index (κ1) is 19.1. The van der Waals surface area contributed by atoms with Crippen LogP contribution in [0.2, 0.25) is 0 Å². The van der Waals surface area contributed by atoms with E-state index in [-0.39, 0.29) is 23.5 Å². The van der Waals surface area contributed by atoms with Crippen molar-refractivity contribution in [3.63, 3.8) is 0 Å². The zero-order chi connectivity index (χ0) is 19.4. The fourth-order valence-corrected chi connectivity index (χ4v) is 3.59. The summed E-state index contributed by atoms with van der Waals surface area (Å²) in [7, 11) is 0. The van der Waals surface area contributed by atoms with E-state index in [0.717, 1.165) is 29.5 Å². The van der Waals surface area contributed by atoms with Crippen molar-refractivity contribution in [1.82, 2.24) is 10.2 Å². The number of benzene rings is 2. The predicted octanol–water partition coefficient (Wildman–Crippen LogP) is 3.61. The largest absolute Gasteiger partial charge is 0.352 e. The van der Waals surface area contributed by atoms with E-state index < -0.39 is 0 Å². The van der Waals surface area contributed by atoms with Crippen LogP contribution >= 0.6 is 0 Å². The third-order valence-corrected chi connectivity index (χ3v) is 4.93. The van der Waals surface area contributed by atoms with E-state index in [0.29, 0.717) is 25.2 Å². The average Bonchev–Trinajstić information content (AvgIpc) is 2.66. The highest BCUT2D eigenvalue weighted by atomic mass is 19.1. The van der Waals surface area contributed by atoms with Crippen molar-refractivity contribution in [3.8, 4) is 0 Å². The summed E-state index contributed by atoms with van der Waals surface area (Å²) < 4.78 is 13.0. The molecule has 0 bridgehead atoms. The van der Waals surface area contributed by atoms with Crippen LogP contribution in [-0.2, 0) is 11.3 Å². The van der Waals surface area contributed by atoms with Crippen molar-refractivity contribution >= 4 is 11.8 Å². The molecule has 1 fully saturated rings. The van der Waals surface area contributed by atoms with Crippen molar-refractivity contribution in [1.29, 1.82) is 0 Å². The Labute approximate surface area is 159 Å². The molecule has 3 rings (SSSR count). The van der Waals surface area contributed by atoms with Gasteiger partial charge in [-0.15, -0.1) is 0 Å². The number of nitrogens with one attached hydrogen (secondary N) is 1. The Bertz CT molecular complexity index is 812. The molecule has 1 saturated heterocycles. The van der Waals surface area contributed by atoms with Crippen LogP contribution in [0.3, 0.4) is 0 Å². The third kappa shape index (κ3) is 4.94. The van der Waals surface area contributed by atoms with Gasteiger partial charge >= 0.3 is 0 Å². The number of aryl methyl sites for hydroxylation is 2. The van der Waals surface area contributed by atoms with E-state index >= 15 is 0 Å². The molecule has 1 aliphatic rings. The van der Waals surface area contributed by atoms with Gasteiger partial charge in [0.2, 0.25) is 5.91 Å². The molecule has 4 nitrogen and oxygen atoms in total. The fraction of sp³-hybridized carbons (Fsp3) is 0.364. The number of hydrogen-bond donors (Lipinski definition) is 1. The van der Waals surface area contributed by atoms with Gasteiger partial charge in [0.1, 0.15) is 5.82 Å². The van der Waals surface area contributed by atoms with Crippen molar-refractivity contribution < 1.29 is 14.0 Å². The Kier molecular flexibility index (Phi) is 5.89. The predicted molar refractivity (Wildman–Crippen MR) is 103 cm³/mol. The molecule has 1 N–H and O–H groups in total. The zero-order valence-electron chi connectivity index (χ0n) is 15.8. The summed E-state index contributed by atoms with van der Waals surface area (Å²) in [5.41, 5.74) is 3.65. The minimum Gasteiger partial charge on any atom is -0.352 e. The molecular formula is C22H25FN2O2. The van der Waals surface area contributed by atoms with E-state index in [2.05, 4.69) is 5.32 Å². The number of likely N-dealkylation sites (tertiary alicyclic amines) is 1. The summed E-state index contributed by atoms with van der Waals surface area (Å²) in [5, 5.41) is 2.91. The molecule has 0 aromatic heterocycles. The van der Waals surface area contributed by atoms with Gasteiger partial charge in [0.15, 0.2) is 0 Å². The van der Waals surface area contributed by atoms with Gasteiger partial charge in [-0.1, -0.05) is 29.3 Å². The van der Waals surface area contributed by atoms with Crippen LogP contribution in [0.15, 0.2) is 42.5 Å². The number of nitrogens with zero attached hydrogens (tertiary/aromatic N) is 1. The summed E-state index contributed by atoms with van der Waals surface area (Å²) in [6.07, 6.45) is 1.58. The van der Waals surface area contributed by atoms with Crippen molar-refractivity contribution in [2.45, 2.75) is 33.2 Å². The van der Waals surface area contributed by atoms with Gasteiger partial charge in [-0.3, -0.25) is 9.59 Å². The summed E-state index contributed by atoms with van der Waals surface area (Å²) in [6.45, 7) is 5.42. The fourth-order valence-electron chi connectivity index (χ4n) is 3.59. The maximum Gasteiger partial charge on any atom is 0.253 e. The smallest absolute Gasteiger partial charge is 0.253 e. The number of halogens is 1. The van der Waals surface area contributed by atoms with Crippen LogP contribution in [0.5, 0.6) is 0 Å². The van der Waals surface area contributed by atoms with E-state index in [9.17, 15) is 14.0 Å². The van der Waals surface area contributed by atoms with Crippen molar-refractivity contribution in [3.05, 3.63) is 70.5 Å². The number of amides is 2. The molecule has 1 atom stereocenters. The monoisotopic (exact) mass is 368 g/mol. The SMILES string of the molecule is Cc1cc(C)cc(C(=O)N2CCC[C@H](C(=O)NCc3ccc(F)cc3)C2)c1. The molecule has 0 spiro atoms. The topological polar surface area (TPSA) is 49.4 Å². The molecule has 1 aliphatic heterocycles. The van der Waals surface area contributed by atoms with Gasteiger partial charge < -0.3 is 10.2 Å². The minimum absolute atomic E-state index is 0.0159. The Hall–Kier alpha value is -2.69. The second-order valence-electron chi connectivity index (χ2n) is 7.31. The highest BCUT2D eigenvalue weighted by Gasteiger charge is 2.28. The molecule has 2 aromatic carbocycles. The number of piperidine rings is 1. The highest BCUT2D eigenvalue weighted by Crippen LogP contribution is 2.20. The maximum atomic E-state index is 13.0. The Morgan fingerprint density at radius 1 is 1.11 bits per heavy atom. The molecule has 0 unspecified atom stereocenters. The van der Waals surface area contributed by atoms with E-state index in [4.69, 9.17) is 0 Å². The van der Waals surface area contributed by atoms with Gasteiger partial charge in [0.05, 0.1) is 5.92 Å². The molecule has 0 aliphatic carbocycles. The van der Waals surface area contributed by atoms with Gasteiger partial charge in [-0.2, -0.15) is 0 Å². The van der Waals surface area contributed by atoms with Crippen LogP contribution in [-0.4, -0.2) is 29.8 Å². The molecule has 2 aromatic rings. The first-order chi connectivity index (χ1) is 12.9. The summed E-state index contributed by atoms with van der Waals surface area (Å²) in [6, 6.07) is 11.9. The molecule has 0 saturated carbocycles. The van der Waals surface area contributed by atoms with Crippen LogP contribution in [0.1, 0.15) is 39.9 Å². The van der Waals surface area contributed by atoms with Crippen LogP contribution in [0.4, 0.5) is 4.39 Å². The summed E-state index contributed by atoms with van der Waals surface area (Å²) >= 11 is 0. The molecular weight excluding hydrogens is 343 g/mol. The van der Waals surface area contributed by atoms with Crippen molar-refractivity contribution in [2.24, 2.45) is 5.92 Å². The Morgan fingerprint density at radius 2 is 1.78 bits per heavy atom. The average molecular weight is 368 g/mol. The molecule has 142 valence electrons. The lowest BCUT2D eigenvalue weighted by atomic mass is 9.96. The zero-order valence-corrected chi connectivity index (χ0v) is 15.8. The minimum atomic E-state index is -0.294. The van der Waals surface area contributed by atoms with E-state index in [1.807, 2.05) is 32.0 Å². The molecule has 2 amide bonds. The Balaban J connectivity index is 1.60. The first-order valence-corrected chi connectivity index (χ1v) is 9.32. The first-order valence-electron chi connectivity index (χ1n) is 9.32. The molecule has 5 heteroatoms. The summed E-state index contributed by atoms with van der Waals surface area (Å²) in [5.74, 6) is -0.581. The molecule has 1 heterocycles. The Morgan fingerprint density at radius 3 is 2.44 bits per heavy atom. The normalized spacial score (nSPS) is 16.9. The third-order valence-electron chi connectivity index (χ3n) is 4.93. The van der Waals surface area contributed by atoms with Gasteiger partial charge in [-0.25, -0.2) is 4.39 Å². The molecule has 0 radical (unpaired) electrons. The van der Waals surface area contributed by atoms with Crippen LogP contribution in [0.25, 0.3) is 0 Å². The van der Waals surface area contributed by atoms with Crippen molar-refractivity contribution in [2.75, 3.05) is 13.1 Å². The van der Waals surface area contributed by atoms with Gasteiger partial charge in [-0.05, 0) is 56.5 Å². The summed E-state index contributed by atoms with van der Waals surface area (Å²) in [4.78, 5) is 27.1. The lowest BCUT2D eigenvalue weighted by molar-refractivity contribution is -0.126. The van der Waals surface area contributed by atoms with E-state index in [1.165, 1.54) is 12.1 Å². The van der Waals surface area contributed by atoms with Crippen LogP contribution in [0, 0.1) is 25.6 Å².